The summed E-state index contributed by atoms with van der Waals surface area (Å²) in [5.74, 6) is -1.09. The average Bonchev–Trinajstić information content (AvgIpc) is 2.61. The summed E-state index contributed by atoms with van der Waals surface area (Å²) in [6.07, 6.45) is -1.82. The molecule has 2 aromatic rings. The molecule has 0 spiro atoms. The van der Waals surface area contributed by atoms with Crippen molar-refractivity contribution in [3.05, 3.63) is 72.3 Å². The minimum atomic E-state index is -1.51. The molecule has 0 saturated carbocycles. The molecule has 0 radical (unpaired) electrons. The average molecular weight is 338 g/mol. The largest absolute Gasteiger partial charge is 0.432 e. The Kier molecular flexibility index (Phi) is 6.31. The Morgan fingerprint density at radius 2 is 1.60 bits per heavy atom. The Labute approximate surface area is 145 Å². The van der Waals surface area contributed by atoms with E-state index in [9.17, 15) is 14.7 Å². The normalized spacial score (nSPS) is 11.9. The van der Waals surface area contributed by atoms with Crippen molar-refractivity contribution in [3.63, 3.8) is 0 Å². The number of aliphatic hydroxyl groups is 1. The van der Waals surface area contributed by atoms with E-state index in [1.165, 1.54) is 19.1 Å². The van der Waals surface area contributed by atoms with Gasteiger partial charge in [0.25, 0.3) is 0 Å². The van der Waals surface area contributed by atoms with Crippen LogP contribution in [0.2, 0.25) is 0 Å². The zero-order valence-electron chi connectivity index (χ0n) is 13.8. The number of benzene rings is 2. The quantitative estimate of drug-likeness (QED) is 0.356. The Bertz CT molecular complexity index is 783. The highest BCUT2D eigenvalue weighted by atomic mass is 16.6. The first-order valence-electron chi connectivity index (χ1n) is 7.60. The number of ether oxygens (including phenoxy) is 1. The lowest BCUT2D eigenvalue weighted by Gasteiger charge is -2.11. The molecule has 0 aromatic heterocycles. The zero-order valence-corrected chi connectivity index (χ0v) is 13.8. The molecule has 0 saturated heterocycles. The first kappa shape index (κ1) is 18.2. The standard InChI is InChI=1S/C19H18N2O4/c1-13(2)17(22)12-18(23)25-19(24)14-8-10-16(11-9-14)21-20-15-6-4-3-5-7-15/h3-11,18,23H,1,12H2,2H3. The van der Waals surface area contributed by atoms with Crippen LogP contribution in [0, 0.1) is 0 Å². The van der Waals surface area contributed by atoms with Gasteiger partial charge in [0.2, 0.25) is 6.29 Å². The van der Waals surface area contributed by atoms with E-state index in [0.29, 0.717) is 11.3 Å². The van der Waals surface area contributed by atoms with E-state index in [-0.39, 0.29) is 17.8 Å². The second-order valence-corrected chi connectivity index (χ2v) is 5.35. The third-order valence-corrected chi connectivity index (χ3v) is 3.22. The van der Waals surface area contributed by atoms with Gasteiger partial charge in [-0.15, -0.1) is 0 Å². The summed E-state index contributed by atoms with van der Waals surface area (Å²) in [5.41, 5.74) is 1.82. The topological polar surface area (TPSA) is 88.3 Å². The predicted molar refractivity (Wildman–Crippen MR) is 92.9 cm³/mol. The second kappa shape index (κ2) is 8.65. The van der Waals surface area contributed by atoms with Crippen LogP contribution in [0.1, 0.15) is 23.7 Å². The van der Waals surface area contributed by atoms with E-state index in [1.807, 2.05) is 30.3 Å². The van der Waals surface area contributed by atoms with Gasteiger partial charge in [0, 0.05) is 0 Å². The number of carbonyl (C=O) groups is 2. The number of nitrogens with zero attached hydrogens (tertiary/aromatic N) is 2. The van der Waals surface area contributed by atoms with E-state index < -0.39 is 12.3 Å². The number of carbonyl (C=O) groups excluding carboxylic acids is 2. The van der Waals surface area contributed by atoms with Crippen molar-refractivity contribution >= 4 is 23.1 Å². The summed E-state index contributed by atoms with van der Waals surface area (Å²) in [5, 5.41) is 17.8. The molecular formula is C19H18N2O4. The van der Waals surface area contributed by atoms with Gasteiger partial charge in [-0.1, -0.05) is 24.8 Å². The molecule has 0 amide bonds. The SMILES string of the molecule is C=C(C)C(=O)CC(O)OC(=O)c1ccc(N=Nc2ccccc2)cc1. The maximum Gasteiger partial charge on any atom is 0.340 e. The summed E-state index contributed by atoms with van der Waals surface area (Å²) >= 11 is 0. The summed E-state index contributed by atoms with van der Waals surface area (Å²) in [6, 6.07) is 15.5. The minimum Gasteiger partial charge on any atom is -0.432 e. The van der Waals surface area contributed by atoms with Crippen LogP contribution in [0.25, 0.3) is 0 Å². The molecule has 1 atom stereocenters. The van der Waals surface area contributed by atoms with E-state index in [4.69, 9.17) is 4.74 Å². The maximum absolute atomic E-state index is 11.9. The van der Waals surface area contributed by atoms with Gasteiger partial charge < -0.3 is 9.84 Å². The molecular weight excluding hydrogens is 320 g/mol. The van der Waals surface area contributed by atoms with Gasteiger partial charge in [-0.2, -0.15) is 10.2 Å². The minimum absolute atomic E-state index is 0.237. The Morgan fingerprint density at radius 3 is 2.16 bits per heavy atom. The van der Waals surface area contributed by atoms with Crippen molar-refractivity contribution in [3.8, 4) is 0 Å². The Balaban J connectivity index is 1.95. The fourth-order valence-electron chi connectivity index (χ4n) is 1.84. The van der Waals surface area contributed by atoms with Crippen LogP contribution < -0.4 is 0 Å². The van der Waals surface area contributed by atoms with Gasteiger partial charge in [-0.05, 0) is 48.9 Å². The van der Waals surface area contributed by atoms with Crippen molar-refractivity contribution in [2.45, 2.75) is 19.6 Å². The van der Waals surface area contributed by atoms with Crippen molar-refractivity contribution in [1.29, 1.82) is 0 Å². The fraction of sp³-hybridized carbons (Fsp3) is 0.158. The molecule has 0 fully saturated rings. The van der Waals surface area contributed by atoms with Crippen molar-refractivity contribution in [2.75, 3.05) is 0 Å². The van der Waals surface area contributed by atoms with Gasteiger partial charge in [0.1, 0.15) is 0 Å². The number of allylic oxidation sites excluding steroid dienone is 1. The molecule has 25 heavy (non-hydrogen) atoms. The van der Waals surface area contributed by atoms with Gasteiger partial charge in [-0.25, -0.2) is 4.79 Å². The van der Waals surface area contributed by atoms with Crippen LogP contribution in [0.15, 0.2) is 77.0 Å². The van der Waals surface area contributed by atoms with Crippen molar-refractivity contribution in [1.82, 2.24) is 0 Å². The molecule has 0 bridgehead atoms. The molecule has 2 aromatic carbocycles. The first-order valence-corrected chi connectivity index (χ1v) is 7.60. The van der Waals surface area contributed by atoms with Crippen LogP contribution in [0.4, 0.5) is 11.4 Å². The van der Waals surface area contributed by atoms with Gasteiger partial charge in [0.15, 0.2) is 5.78 Å². The molecule has 6 nitrogen and oxygen atoms in total. The molecule has 0 aliphatic carbocycles. The van der Waals surface area contributed by atoms with Crippen LogP contribution in [0.3, 0.4) is 0 Å². The molecule has 1 N–H and O–H groups in total. The van der Waals surface area contributed by atoms with E-state index in [2.05, 4.69) is 16.8 Å². The highest BCUT2D eigenvalue weighted by Crippen LogP contribution is 2.19. The molecule has 0 aliphatic heterocycles. The van der Waals surface area contributed by atoms with Gasteiger partial charge >= 0.3 is 5.97 Å². The smallest absolute Gasteiger partial charge is 0.340 e. The fourth-order valence-corrected chi connectivity index (χ4v) is 1.84. The third-order valence-electron chi connectivity index (χ3n) is 3.22. The molecule has 128 valence electrons. The zero-order chi connectivity index (χ0) is 18.2. The summed E-state index contributed by atoms with van der Waals surface area (Å²) in [6.45, 7) is 5.00. The number of hydrogen-bond acceptors (Lipinski definition) is 6. The number of ketones is 1. The lowest BCUT2D eigenvalue weighted by molar-refractivity contribution is -0.124. The summed E-state index contributed by atoms with van der Waals surface area (Å²) < 4.78 is 4.83. The van der Waals surface area contributed by atoms with E-state index in [0.717, 1.165) is 5.69 Å². The Morgan fingerprint density at radius 1 is 1.04 bits per heavy atom. The number of aliphatic hydroxyl groups excluding tert-OH is 1. The van der Waals surface area contributed by atoms with Crippen molar-refractivity contribution < 1.29 is 19.4 Å². The molecule has 1 unspecified atom stereocenters. The highest BCUT2D eigenvalue weighted by Gasteiger charge is 2.17. The third kappa shape index (κ3) is 5.78. The lowest BCUT2D eigenvalue weighted by atomic mass is 10.1. The molecule has 6 heteroatoms. The number of azo groups is 1. The van der Waals surface area contributed by atoms with E-state index >= 15 is 0 Å². The monoisotopic (exact) mass is 338 g/mol. The van der Waals surface area contributed by atoms with Crippen LogP contribution >= 0.6 is 0 Å². The highest BCUT2D eigenvalue weighted by molar-refractivity contribution is 5.95. The number of esters is 1. The van der Waals surface area contributed by atoms with Crippen LogP contribution in [-0.2, 0) is 9.53 Å². The number of hydrogen-bond donors (Lipinski definition) is 1. The van der Waals surface area contributed by atoms with Crippen LogP contribution in [0.5, 0.6) is 0 Å². The van der Waals surface area contributed by atoms with Crippen LogP contribution in [-0.4, -0.2) is 23.1 Å². The Hall–Kier alpha value is -3.12. The van der Waals surface area contributed by atoms with Crippen molar-refractivity contribution in [2.24, 2.45) is 10.2 Å². The van der Waals surface area contributed by atoms with Gasteiger partial charge in [0.05, 0.1) is 23.4 Å². The van der Waals surface area contributed by atoms with E-state index in [1.54, 1.807) is 12.1 Å². The maximum atomic E-state index is 11.9. The molecule has 0 heterocycles. The van der Waals surface area contributed by atoms with Gasteiger partial charge in [-0.3, -0.25) is 4.79 Å². The number of Topliss-reactive ketones (excluding diaryl/α,β-unsaturated/α-hetero) is 1. The predicted octanol–water partition coefficient (Wildman–Crippen LogP) is 4.11. The lowest BCUT2D eigenvalue weighted by Crippen LogP contribution is -2.21. The summed E-state index contributed by atoms with van der Waals surface area (Å²) in [7, 11) is 0. The first-order chi connectivity index (χ1) is 12.0. The summed E-state index contributed by atoms with van der Waals surface area (Å²) in [4.78, 5) is 23.4. The molecule has 2 rings (SSSR count). The molecule has 0 aliphatic rings. The number of rotatable bonds is 7. The second-order valence-electron chi connectivity index (χ2n) is 5.35.